The van der Waals surface area contributed by atoms with Crippen molar-refractivity contribution < 1.29 is 4.79 Å². The molecule has 0 unspecified atom stereocenters. The first-order chi connectivity index (χ1) is 10.7. The molecule has 0 saturated carbocycles. The first-order valence-corrected chi connectivity index (χ1v) is 9.11. The average molecular weight is 351 g/mol. The minimum atomic E-state index is -0.268. The van der Waals surface area contributed by atoms with Crippen molar-refractivity contribution in [3.63, 3.8) is 0 Å². The summed E-state index contributed by atoms with van der Waals surface area (Å²) in [6, 6.07) is 3.67. The van der Waals surface area contributed by atoms with E-state index in [9.17, 15) is 4.79 Å². The molecule has 0 bridgehead atoms. The number of hydrogen-bond donors (Lipinski definition) is 2. The van der Waals surface area contributed by atoms with Gasteiger partial charge in [-0.25, -0.2) is 9.78 Å². The second-order valence-corrected chi connectivity index (χ2v) is 7.25. The maximum Gasteiger partial charge on any atom is 0.321 e. The van der Waals surface area contributed by atoms with Crippen LogP contribution in [-0.4, -0.2) is 27.8 Å². The lowest BCUT2D eigenvalue weighted by molar-refractivity contribution is 0.252. The number of anilines is 1. The van der Waals surface area contributed by atoms with Crippen molar-refractivity contribution in [3.8, 4) is 9.88 Å². The fraction of sp³-hybridized carbons (Fsp3) is 0.231. The molecule has 0 aromatic carbocycles. The summed E-state index contributed by atoms with van der Waals surface area (Å²) in [4.78, 5) is 18.3. The molecule has 3 heterocycles. The zero-order valence-corrected chi connectivity index (χ0v) is 14.1. The Bertz CT molecular complexity index is 749. The van der Waals surface area contributed by atoms with Crippen molar-refractivity contribution in [1.82, 2.24) is 20.5 Å². The van der Waals surface area contributed by atoms with Gasteiger partial charge in [0, 0.05) is 17.8 Å². The Balaban J connectivity index is 1.49. The van der Waals surface area contributed by atoms with Gasteiger partial charge < -0.3 is 5.32 Å². The fourth-order valence-electron chi connectivity index (χ4n) is 1.77. The third-order valence-electron chi connectivity index (χ3n) is 2.86. The normalized spacial score (nSPS) is 10.6. The number of carbonyl (C=O) groups is 1. The van der Waals surface area contributed by atoms with E-state index in [1.807, 2.05) is 29.9 Å². The summed E-state index contributed by atoms with van der Waals surface area (Å²) in [7, 11) is 0. The van der Waals surface area contributed by atoms with E-state index in [0.29, 0.717) is 11.7 Å². The Labute approximate surface area is 139 Å². The first kappa shape index (κ1) is 15.1. The molecule has 0 atom stereocenters. The van der Waals surface area contributed by atoms with E-state index in [2.05, 4.69) is 25.8 Å². The smallest absolute Gasteiger partial charge is 0.321 e. The van der Waals surface area contributed by atoms with E-state index < -0.39 is 0 Å². The molecule has 0 aliphatic heterocycles. The zero-order valence-electron chi connectivity index (χ0n) is 11.7. The monoisotopic (exact) mass is 351 g/mol. The number of thiophene rings is 1. The van der Waals surface area contributed by atoms with Gasteiger partial charge in [0.15, 0.2) is 5.01 Å². The predicted octanol–water partition coefficient (Wildman–Crippen LogP) is 3.40. The third-order valence-corrected chi connectivity index (χ3v) is 5.73. The van der Waals surface area contributed by atoms with Crippen LogP contribution in [0.5, 0.6) is 0 Å². The van der Waals surface area contributed by atoms with Crippen LogP contribution in [0.2, 0.25) is 0 Å². The van der Waals surface area contributed by atoms with Crippen LogP contribution in [0.3, 0.4) is 0 Å². The highest BCUT2D eigenvalue weighted by atomic mass is 32.1. The second-order valence-electron chi connectivity index (χ2n) is 4.38. The molecular weight excluding hydrogens is 338 g/mol. The number of hydrogen-bond acceptors (Lipinski definition) is 7. The minimum Gasteiger partial charge on any atom is -0.337 e. The Morgan fingerprint density at radius 3 is 2.95 bits per heavy atom. The average Bonchev–Trinajstić information content (AvgIpc) is 3.21. The summed E-state index contributed by atoms with van der Waals surface area (Å²) in [6.45, 7) is 2.53. The Kier molecular flexibility index (Phi) is 4.76. The topological polar surface area (TPSA) is 79.8 Å². The summed E-state index contributed by atoms with van der Waals surface area (Å²) in [5, 5.41) is 16.9. The molecule has 0 fully saturated rings. The van der Waals surface area contributed by atoms with Gasteiger partial charge in [-0.05, 0) is 18.4 Å². The number of rotatable bonds is 5. The molecule has 0 saturated heterocycles. The van der Waals surface area contributed by atoms with Crippen LogP contribution < -0.4 is 10.6 Å². The number of urea groups is 1. The van der Waals surface area contributed by atoms with Crippen LogP contribution >= 0.6 is 34.0 Å². The van der Waals surface area contributed by atoms with Gasteiger partial charge in [0.2, 0.25) is 5.13 Å². The molecule has 3 aromatic heterocycles. The first-order valence-electron chi connectivity index (χ1n) is 6.53. The van der Waals surface area contributed by atoms with Crippen molar-refractivity contribution in [3.05, 3.63) is 33.6 Å². The highest BCUT2D eigenvalue weighted by Gasteiger charge is 2.10. The molecule has 3 aromatic rings. The molecule has 0 aliphatic rings. The zero-order chi connectivity index (χ0) is 15.4. The molecule has 2 amide bonds. The van der Waals surface area contributed by atoms with Crippen LogP contribution in [0.15, 0.2) is 23.0 Å². The number of aryl methyl sites for hydroxylation is 1. The minimum absolute atomic E-state index is 0.268. The molecule has 6 nitrogen and oxygen atoms in total. The number of nitrogens with zero attached hydrogens (tertiary/aromatic N) is 3. The van der Waals surface area contributed by atoms with Crippen molar-refractivity contribution >= 4 is 45.2 Å². The SMILES string of the molecule is Cc1ncsc1CCNC(=O)Nc1nnc(-c2cccs2)s1. The molecule has 2 N–H and O–H groups in total. The van der Waals surface area contributed by atoms with E-state index in [1.54, 1.807) is 22.7 Å². The molecular formula is C13H13N5OS3. The van der Waals surface area contributed by atoms with Gasteiger partial charge in [-0.1, -0.05) is 17.4 Å². The molecule has 114 valence electrons. The highest BCUT2D eigenvalue weighted by Crippen LogP contribution is 2.29. The van der Waals surface area contributed by atoms with Gasteiger partial charge in [-0.3, -0.25) is 5.32 Å². The lowest BCUT2D eigenvalue weighted by Gasteiger charge is -2.04. The number of aromatic nitrogens is 3. The summed E-state index contributed by atoms with van der Waals surface area (Å²) >= 11 is 4.56. The molecule has 0 radical (unpaired) electrons. The van der Waals surface area contributed by atoms with Crippen molar-refractivity contribution in [2.75, 3.05) is 11.9 Å². The number of carbonyl (C=O) groups excluding carboxylic acids is 1. The van der Waals surface area contributed by atoms with Gasteiger partial charge >= 0.3 is 6.03 Å². The Hall–Kier alpha value is -1.84. The maximum atomic E-state index is 11.8. The summed E-state index contributed by atoms with van der Waals surface area (Å²) in [5.41, 5.74) is 2.84. The van der Waals surface area contributed by atoms with Crippen molar-refractivity contribution in [2.45, 2.75) is 13.3 Å². The lowest BCUT2D eigenvalue weighted by atomic mass is 10.3. The Morgan fingerprint density at radius 2 is 2.23 bits per heavy atom. The second kappa shape index (κ2) is 6.95. The van der Waals surface area contributed by atoms with Gasteiger partial charge in [0.1, 0.15) is 0 Å². The fourth-order valence-corrected chi connectivity index (χ4v) is 4.08. The molecule has 22 heavy (non-hydrogen) atoms. The summed E-state index contributed by atoms with van der Waals surface area (Å²) in [5.74, 6) is 0. The van der Waals surface area contributed by atoms with Crippen LogP contribution in [0.4, 0.5) is 9.93 Å². The van der Waals surface area contributed by atoms with Crippen molar-refractivity contribution in [2.24, 2.45) is 0 Å². The van der Waals surface area contributed by atoms with E-state index in [0.717, 1.165) is 22.0 Å². The van der Waals surface area contributed by atoms with E-state index in [-0.39, 0.29) is 6.03 Å². The summed E-state index contributed by atoms with van der Waals surface area (Å²) < 4.78 is 0. The highest BCUT2D eigenvalue weighted by molar-refractivity contribution is 7.23. The standard InChI is InChI=1S/C13H13N5OS3/c1-8-9(21-7-15-8)4-5-14-12(19)16-13-18-17-11(22-13)10-3-2-6-20-10/h2-3,6-7H,4-5H2,1H3,(H2,14,16,18,19). The summed E-state index contributed by atoms with van der Waals surface area (Å²) in [6.07, 6.45) is 0.778. The van der Waals surface area contributed by atoms with Gasteiger partial charge in [-0.2, -0.15) is 0 Å². The predicted molar refractivity (Wildman–Crippen MR) is 90.8 cm³/mol. The maximum absolute atomic E-state index is 11.8. The van der Waals surface area contributed by atoms with Gasteiger partial charge in [0.25, 0.3) is 0 Å². The molecule has 9 heteroatoms. The van der Waals surface area contributed by atoms with Crippen LogP contribution in [-0.2, 0) is 6.42 Å². The van der Waals surface area contributed by atoms with E-state index in [4.69, 9.17) is 0 Å². The third kappa shape index (κ3) is 3.67. The number of amides is 2. The van der Waals surface area contributed by atoms with Crippen LogP contribution in [0.25, 0.3) is 9.88 Å². The lowest BCUT2D eigenvalue weighted by Crippen LogP contribution is -2.30. The number of nitrogens with one attached hydrogen (secondary N) is 2. The van der Waals surface area contributed by atoms with Crippen LogP contribution in [0.1, 0.15) is 10.6 Å². The molecule has 0 spiro atoms. The van der Waals surface area contributed by atoms with Gasteiger partial charge in [0.05, 0.1) is 16.1 Å². The largest absolute Gasteiger partial charge is 0.337 e. The number of thiazole rings is 1. The van der Waals surface area contributed by atoms with E-state index in [1.165, 1.54) is 16.2 Å². The van der Waals surface area contributed by atoms with E-state index >= 15 is 0 Å². The quantitative estimate of drug-likeness (QED) is 0.738. The van der Waals surface area contributed by atoms with Crippen LogP contribution in [0, 0.1) is 6.92 Å². The molecule has 0 aliphatic carbocycles. The molecule has 3 rings (SSSR count). The van der Waals surface area contributed by atoms with Crippen molar-refractivity contribution in [1.29, 1.82) is 0 Å². The Morgan fingerprint density at radius 1 is 1.32 bits per heavy atom. The van der Waals surface area contributed by atoms with Gasteiger partial charge in [-0.15, -0.1) is 32.9 Å².